The van der Waals surface area contributed by atoms with Crippen molar-refractivity contribution < 1.29 is 9.90 Å². The first-order valence-corrected chi connectivity index (χ1v) is 6.17. The maximum Gasteiger partial charge on any atom is 0.261 e. The smallest absolute Gasteiger partial charge is 0.261 e. The first-order valence-electron chi connectivity index (χ1n) is 6.17. The van der Waals surface area contributed by atoms with Gasteiger partial charge < -0.3 is 5.11 Å². The van der Waals surface area contributed by atoms with Gasteiger partial charge in [0.1, 0.15) is 12.3 Å². The molecule has 2 N–H and O–H groups in total. The number of nitrogens with one attached hydrogen (secondary N) is 1. The number of carbonyl (C=O) groups excluding carboxylic acids is 1. The fourth-order valence-corrected chi connectivity index (χ4v) is 1.78. The van der Waals surface area contributed by atoms with Gasteiger partial charge in [-0.05, 0) is 32.0 Å². The number of aromatic nitrogens is 2. The van der Waals surface area contributed by atoms with E-state index in [0.717, 1.165) is 11.4 Å². The van der Waals surface area contributed by atoms with Crippen molar-refractivity contribution >= 4 is 12.1 Å². The summed E-state index contributed by atoms with van der Waals surface area (Å²) in [6, 6.07) is 8.65. The number of hydrogen-bond donors (Lipinski definition) is 2. The lowest BCUT2D eigenvalue weighted by Gasteiger charge is -2.03. The number of aryl methyl sites for hydroxylation is 2. The molecular weight excluding hydrogens is 256 g/mol. The van der Waals surface area contributed by atoms with Crippen molar-refractivity contribution in [2.45, 2.75) is 20.4 Å². The fourth-order valence-electron chi connectivity index (χ4n) is 1.78. The van der Waals surface area contributed by atoms with E-state index in [1.807, 2.05) is 19.9 Å². The average molecular weight is 272 g/mol. The van der Waals surface area contributed by atoms with E-state index in [2.05, 4.69) is 15.6 Å². The SMILES string of the molecule is Cc1cc(C)n(CC(=O)N/N=C/c2ccccc2O)n1. The van der Waals surface area contributed by atoms with E-state index in [0.29, 0.717) is 5.56 Å². The van der Waals surface area contributed by atoms with Crippen LogP contribution in [0.2, 0.25) is 0 Å². The molecule has 0 fully saturated rings. The van der Waals surface area contributed by atoms with Crippen LogP contribution in [0.25, 0.3) is 0 Å². The highest BCUT2D eigenvalue weighted by Crippen LogP contribution is 2.12. The Hall–Kier alpha value is -2.63. The molecule has 6 heteroatoms. The Bertz CT molecular complexity index is 646. The highest BCUT2D eigenvalue weighted by atomic mass is 16.3. The van der Waals surface area contributed by atoms with E-state index in [-0.39, 0.29) is 18.2 Å². The quantitative estimate of drug-likeness (QED) is 0.651. The fraction of sp³-hybridized carbons (Fsp3) is 0.214. The maximum atomic E-state index is 11.7. The second kappa shape index (κ2) is 6.01. The number of benzene rings is 1. The number of para-hydroxylation sites is 1. The Morgan fingerprint density at radius 2 is 2.20 bits per heavy atom. The molecule has 0 spiro atoms. The first kappa shape index (κ1) is 13.8. The molecule has 0 bridgehead atoms. The normalized spacial score (nSPS) is 10.9. The molecular formula is C14H16N4O2. The van der Waals surface area contributed by atoms with Crippen molar-refractivity contribution in [1.29, 1.82) is 0 Å². The molecule has 20 heavy (non-hydrogen) atoms. The van der Waals surface area contributed by atoms with Crippen molar-refractivity contribution in [3.8, 4) is 5.75 Å². The number of phenols is 1. The molecule has 0 radical (unpaired) electrons. The average Bonchev–Trinajstić information content (AvgIpc) is 2.70. The number of aromatic hydroxyl groups is 1. The number of nitrogens with zero attached hydrogens (tertiary/aromatic N) is 3. The Morgan fingerprint density at radius 1 is 1.45 bits per heavy atom. The minimum Gasteiger partial charge on any atom is -0.507 e. The molecule has 0 aliphatic carbocycles. The number of hydrazone groups is 1. The Morgan fingerprint density at radius 3 is 2.85 bits per heavy atom. The Labute approximate surface area is 116 Å². The van der Waals surface area contributed by atoms with Crippen LogP contribution < -0.4 is 5.43 Å². The van der Waals surface area contributed by atoms with Crippen LogP contribution in [0.4, 0.5) is 0 Å². The van der Waals surface area contributed by atoms with Crippen LogP contribution in [0, 0.1) is 13.8 Å². The summed E-state index contributed by atoms with van der Waals surface area (Å²) >= 11 is 0. The molecule has 2 aromatic rings. The number of carbonyl (C=O) groups is 1. The number of amides is 1. The van der Waals surface area contributed by atoms with Gasteiger partial charge in [-0.15, -0.1) is 0 Å². The van der Waals surface area contributed by atoms with Crippen LogP contribution in [0.3, 0.4) is 0 Å². The molecule has 0 aliphatic rings. The van der Waals surface area contributed by atoms with Gasteiger partial charge in [0, 0.05) is 11.3 Å². The minimum atomic E-state index is -0.275. The van der Waals surface area contributed by atoms with Gasteiger partial charge in [0.15, 0.2) is 0 Å². The molecule has 2 rings (SSSR count). The summed E-state index contributed by atoms with van der Waals surface area (Å²) in [6.45, 7) is 3.87. The topological polar surface area (TPSA) is 79.5 Å². The van der Waals surface area contributed by atoms with Gasteiger partial charge >= 0.3 is 0 Å². The Kier molecular flexibility index (Phi) is 4.14. The van der Waals surface area contributed by atoms with Gasteiger partial charge in [-0.25, -0.2) is 5.43 Å². The molecule has 0 saturated heterocycles. The molecule has 1 amide bonds. The van der Waals surface area contributed by atoms with Crippen molar-refractivity contribution in [2.75, 3.05) is 0 Å². The summed E-state index contributed by atoms with van der Waals surface area (Å²) in [7, 11) is 0. The highest BCUT2D eigenvalue weighted by Gasteiger charge is 2.05. The van der Waals surface area contributed by atoms with Gasteiger partial charge in [-0.2, -0.15) is 10.2 Å². The van der Waals surface area contributed by atoms with Crippen LogP contribution in [0.1, 0.15) is 17.0 Å². The second-order valence-electron chi connectivity index (χ2n) is 4.44. The van der Waals surface area contributed by atoms with Crippen molar-refractivity contribution in [2.24, 2.45) is 5.10 Å². The Balaban J connectivity index is 1.93. The van der Waals surface area contributed by atoms with Crippen molar-refractivity contribution in [1.82, 2.24) is 15.2 Å². The van der Waals surface area contributed by atoms with Crippen LogP contribution in [-0.2, 0) is 11.3 Å². The molecule has 1 heterocycles. The molecule has 1 aromatic carbocycles. The molecule has 104 valence electrons. The summed E-state index contributed by atoms with van der Waals surface area (Å²) in [5.74, 6) is -0.160. The zero-order valence-corrected chi connectivity index (χ0v) is 11.4. The molecule has 1 aromatic heterocycles. The molecule has 0 atom stereocenters. The van der Waals surface area contributed by atoms with Gasteiger partial charge in [0.05, 0.1) is 11.9 Å². The van der Waals surface area contributed by atoms with Crippen molar-refractivity contribution in [3.63, 3.8) is 0 Å². The third-order valence-corrected chi connectivity index (χ3v) is 2.73. The summed E-state index contributed by atoms with van der Waals surface area (Å²) in [5.41, 5.74) is 4.73. The first-order chi connectivity index (χ1) is 9.56. The zero-order valence-electron chi connectivity index (χ0n) is 11.4. The summed E-state index contributed by atoms with van der Waals surface area (Å²) in [5, 5.41) is 17.5. The van der Waals surface area contributed by atoms with Crippen molar-refractivity contribution in [3.05, 3.63) is 47.3 Å². The standard InChI is InChI=1S/C14H16N4O2/c1-10-7-11(2)18(17-10)9-14(20)16-15-8-12-5-3-4-6-13(12)19/h3-8,19H,9H2,1-2H3,(H,16,20)/b15-8+. The zero-order chi connectivity index (χ0) is 14.5. The third-order valence-electron chi connectivity index (χ3n) is 2.73. The van der Waals surface area contributed by atoms with E-state index in [1.54, 1.807) is 28.9 Å². The van der Waals surface area contributed by atoms with Gasteiger partial charge in [-0.1, -0.05) is 12.1 Å². The van der Waals surface area contributed by atoms with Gasteiger partial charge in [-0.3, -0.25) is 9.48 Å². The van der Waals surface area contributed by atoms with Crippen LogP contribution in [0.15, 0.2) is 35.4 Å². The lowest BCUT2D eigenvalue weighted by Crippen LogP contribution is -2.24. The lowest BCUT2D eigenvalue weighted by atomic mass is 10.2. The monoisotopic (exact) mass is 272 g/mol. The summed E-state index contributed by atoms with van der Waals surface area (Å²) in [4.78, 5) is 11.7. The minimum absolute atomic E-state index is 0.109. The van der Waals surface area contributed by atoms with Gasteiger partial charge in [0.25, 0.3) is 5.91 Å². The highest BCUT2D eigenvalue weighted by molar-refractivity contribution is 5.84. The largest absolute Gasteiger partial charge is 0.507 e. The van der Waals surface area contributed by atoms with Gasteiger partial charge in [0.2, 0.25) is 0 Å². The van der Waals surface area contributed by atoms with Crippen LogP contribution in [-0.4, -0.2) is 27.0 Å². The number of phenolic OH excluding ortho intramolecular Hbond substituents is 1. The van der Waals surface area contributed by atoms with E-state index in [4.69, 9.17) is 0 Å². The number of hydrogen-bond acceptors (Lipinski definition) is 4. The molecule has 0 saturated carbocycles. The van der Waals surface area contributed by atoms with Crippen LogP contribution >= 0.6 is 0 Å². The maximum absolute atomic E-state index is 11.7. The molecule has 6 nitrogen and oxygen atoms in total. The van der Waals surface area contributed by atoms with E-state index in [9.17, 15) is 9.90 Å². The molecule has 0 unspecified atom stereocenters. The van der Waals surface area contributed by atoms with E-state index < -0.39 is 0 Å². The predicted molar refractivity (Wildman–Crippen MR) is 75.5 cm³/mol. The second-order valence-corrected chi connectivity index (χ2v) is 4.44. The summed E-state index contributed by atoms with van der Waals surface area (Å²) < 4.78 is 1.61. The molecule has 0 aliphatic heterocycles. The summed E-state index contributed by atoms with van der Waals surface area (Å²) in [6.07, 6.45) is 1.40. The lowest BCUT2D eigenvalue weighted by molar-refractivity contribution is -0.121. The predicted octanol–water partition coefficient (Wildman–Crippen LogP) is 1.36. The third kappa shape index (κ3) is 3.44. The van der Waals surface area contributed by atoms with E-state index >= 15 is 0 Å². The van der Waals surface area contributed by atoms with E-state index in [1.165, 1.54) is 6.21 Å². The van der Waals surface area contributed by atoms with Crippen LogP contribution in [0.5, 0.6) is 5.75 Å². The number of rotatable bonds is 4.